The molecule has 1 aromatic carbocycles. The molecule has 3 amide bonds. The van der Waals surface area contributed by atoms with Crippen molar-refractivity contribution in [3.63, 3.8) is 0 Å². The van der Waals surface area contributed by atoms with Gasteiger partial charge in [0.15, 0.2) is 18.5 Å². The molecule has 2 aliphatic rings. The van der Waals surface area contributed by atoms with Crippen molar-refractivity contribution < 1.29 is 39.0 Å². The summed E-state index contributed by atoms with van der Waals surface area (Å²) in [6, 6.07) is 7.58. The highest BCUT2D eigenvalue weighted by atomic mass is 16.6. The molecule has 156 valence electrons. The second-order valence-electron chi connectivity index (χ2n) is 7.15. The maximum atomic E-state index is 12.7. The van der Waals surface area contributed by atoms with Gasteiger partial charge in [0.1, 0.15) is 17.8 Å². The van der Waals surface area contributed by atoms with Crippen LogP contribution in [0.3, 0.4) is 0 Å². The minimum Gasteiger partial charge on any atom is -0.394 e. The zero-order valence-corrected chi connectivity index (χ0v) is 15.9. The molecule has 2 aliphatic heterocycles. The topological polar surface area (TPSA) is 140 Å². The molecule has 10 heteroatoms. The second kappa shape index (κ2) is 7.58. The summed E-state index contributed by atoms with van der Waals surface area (Å²) in [6.45, 7) is -0.454. The van der Waals surface area contributed by atoms with Gasteiger partial charge >= 0.3 is 0 Å². The summed E-state index contributed by atoms with van der Waals surface area (Å²) < 4.78 is 6.89. The first kappa shape index (κ1) is 20.1. The molecule has 10 nitrogen and oxygen atoms in total. The van der Waals surface area contributed by atoms with Crippen LogP contribution in [0.5, 0.6) is 0 Å². The Morgan fingerprint density at radius 2 is 1.90 bits per heavy atom. The van der Waals surface area contributed by atoms with E-state index in [4.69, 9.17) is 4.74 Å². The Kier molecular flexibility index (Phi) is 5.08. The molecular formula is C20H20N3O7+. The van der Waals surface area contributed by atoms with Crippen LogP contribution in [-0.2, 0) is 4.74 Å². The number of fused-ring (bicyclic) bond motifs is 1. The average Bonchev–Trinajstić information content (AvgIpc) is 3.16. The minimum absolute atomic E-state index is 0.218. The zero-order chi connectivity index (χ0) is 21.6. The SMILES string of the molecule is CN1C(=O)c2ccc(NC(=O)c3ccc[n+]([C@@H]4O[C@H](CO)[C@@H](O)[C@H]4O)c3)cc2C1=O. The largest absolute Gasteiger partial charge is 0.394 e. The molecule has 0 bridgehead atoms. The van der Waals surface area contributed by atoms with Gasteiger partial charge in [0.2, 0.25) is 0 Å². The standard InChI is InChI=1S/C20H19N3O7/c1-22-18(28)12-5-4-11(7-13(12)19(22)29)21-17(27)10-3-2-6-23(8-10)20-16(26)15(25)14(9-24)30-20/h2-8,14-16,20,24-26H,9H2,1H3/p+1/t14-,15-,16-,20-/m1/s1. The van der Waals surface area contributed by atoms with E-state index in [0.29, 0.717) is 5.69 Å². The van der Waals surface area contributed by atoms with Gasteiger partial charge in [0.25, 0.3) is 23.9 Å². The highest BCUT2D eigenvalue weighted by molar-refractivity contribution is 6.21. The molecule has 0 aliphatic carbocycles. The maximum absolute atomic E-state index is 12.7. The van der Waals surface area contributed by atoms with E-state index in [0.717, 1.165) is 4.90 Å². The van der Waals surface area contributed by atoms with E-state index in [9.17, 15) is 29.7 Å². The number of aromatic nitrogens is 1. The molecule has 4 N–H and O–H groups in total. The van der Waals surface area contributed by atoms with Crippen molar-refractivity contribution in [1.82, 2.24) is 4.90 Å². The summed E-state index contributed by atoms with van der Waals surface area (Å²) >= 11 is 0. The van der Waals surface area contributed by atoms with Gasteiger partial charge in [-0.3, -0.25) is 19.3 Å². The van der Waals surface area contributed by atoms with Crippen molar-refractivity contribution in [2.24, 2.45) is 0 Å². The summed E-state index contributed by atoms with van der Waals surface area (Å²) in [7, 11) is 1.39. The number of anilines is 1. The van der Waals surface area contributed by atoms with E-state index >= 15 is 0 Å². The van der Waals surface area contributed by atoms with E-state index in [2.05, 4.69) is 5.32 Å². The number of nitrogens with zero attached hydrogens (tertiary/aromatic N) is 2. The van der Waals surface area contributed by atoms with Gasteiger partial charge in [-0.25, -0.2) is 0 Å². The quantitative estimate of drug-likeness (QED) is 0.374. The van der Waals surface area contributed by atoms with Crippen LogP contribution in [0.15, 0.2) is 42.7 Å². The monoisotopic (exact) mass is 414 g/mol. The van der Waals surface area contributed by atoms with Crippen LogP contribution >= 0.6 is 0 Å². The van der Waals surface area contributed by atoms with E-state index in [1.54, 1.807) is 18.3 Å². The predicted octanol–water partition coefficient (Wildman–Crippen LogP) is -0.936. The molecule has 30 heavy (non-hydrogen) atoms. The summed E-state index contributed by atoms with van der Waals surface area (Å²) in [5.74, 6) is -1.32. The van der Waals surface area contributed by atoms with Gasteiger partial charge in [-0.15, -0.1) is 0 Å². The highest BCUT2D eigenvalue weighted by Gasteiger charge is 2.48. The molecule has 1 fully saturated rings. The number of hydrogen-bond acceptors (Lipinski definition) is 7. The van der Waals surface area contributed by atoms with Crippen molar-refractivity contribution in [2.75, 3.05) is 19.0 Å². The normalized spacial score (nSPS) is 25.5. The first-order valence-corrected chi connectivity index (χ1v) is 9.23. The van der Waals surface area contributed by atoms with Crippen molar-refractivity contribution in [3.05, 3.63) is 59.4 Å². The van der Waals surface area contributed by atoms with Crippen LogP contribution in [0.25, 0.3) is 0 Å². The third kappa shape index (κ3) is 3.25. The van der Waals surface area contributed by atoms with Crippen LogP contribution in [0.4, 0.5) is 5.69 Å². The number of carbonyl (C=O) groups is 3. The number of nitrogens with one attached hydrogen (secondary N) is 1. The Morgan fingerprint density at radius 3 is 2.60 bits per heavy atom. The number of aliphatic hydroxyl groups is 3. The molecule has 1 saturated heterocycles. The number of ether oxygens (including phenoxy) is 1. The van der Waals surface area contributed by atoms with Crippen LogP contribution in [0.1, 0.15) is 37.3 Å². The highest BCUT2D eigenvalue weighted by Crippen LogP contribution is 2.26. The van der Waals surface area contributed by atoms with Gasteiger partial charge in [0, 0.05) is 18.8 Å². The number of rotatable bonds is 4. The molecule has 3 heterocycles. The molecular weight excluding hydrogens is 394 g/mol. The fourth-order valence-corrected chi connectivity index (χ4v) is 3.55. The van der Waals surface area contributed by atoms with Crippen LogP contribution in [0, 0.1) is 0 Å². The van der Waals surface area contributed by atoms with Crippen molar-refractivity contribution in [2.45, 2.75) is 24.5 Å². The Hall–Kier alpha value is -3.18. The zero-order valence-electron chi connectivity index (χ0n) is 15.9. The fraction of sp³-hybridized carbons (Fsp3) is 0.300. The second-order valence-corrected chi connectivity index (χ2v) is 7.15. The van der Waals surface area contributed by atoms with E-state index in [-0.39, 0.29) is 16.7 Å². The number of carbonyl (C=O) groups excluding carboxylic acids is 3. The van der Waals surface area contributed by atoms with Gasteiger partial charge in [-0.1, -0.05) is 0 Å². The predicted molar refractivity (Wildman–Crippen MR) is 100 cm³/mol. The van der Waals surface area contributed by atoms with Crippen LogP contribution in [0.2, 0.25) is 0 Å². The average molecular weight is 414 g/mol. The lowest BCUT2D eigenvalue weighted by Crippen LogP contribution is -2.46. The summed E-state index contributed by atoms with van der Waals surface area (Å²) in [6.07, 6.45) is -1.43. The third-order valence-corrected chi connectivity index (χ3v) is 5.24. The Bertz CT molecular complexity index is 1040. The van der Waals surface area contributed by atoms with E-state index in [1.165, 1.54) is 36.0 Å². The lowest BCUT2D eigenvalue weighted by molar-refractivity contribution is -0.765. The van der Waals surface area contributed by atoms with Crippen LogP contribution < -0.4 is 9.88 Å². The smallest absolute Gasteiger partial charge is 0.292 e. The number of imide groups is 1. The lowest BCUT2D eigenvalue weighted by Gasteiger charge is -2.11. The van der Waals surface area contributed by atoms with Crippen molar-refractivity contribution in [3.8, 4) is 0 Å². The first-order chi connectivity index (χ1) is 14.3. The molecule has 4 atom stereocenters. The lowest BCUT2D eigenvalue weighted by atomic mass is 10.1. The number of aliphatic hydroxyl groups excluding tert-OH is 3. The molecule has 1 aromatic heterocycles. The van der Waals surface area contributed by atoms with E-state index < -0.39 is 48.9 Å². The molecule has 0 unspecified atom stereocenters. The third-order valence-electron chi connectivity index (χ3n) is 5.24. The number of benzene rings is 1. The Labute approximate surface area is 170 Å². The number of pyridine rings is 1. The Balaban J connectivity index is 1.54. The Morgan fingerprint density at radius 1 is 1.17 bits per heavy atom. The maximum Gasteiger partial charge on any atom is 0.292 e. The molecule has 4 rings (SSSR count). The summed E-state index contributed by atoms with van der Waals surface area (Å²) in [4.78, 5) is 37.8. The minimum atomic E-state index is -1.28. The summed E-state index contributed by atoms with van der Waals surface area (Å²) in [5.41, 5.74) is 1.08. The fourth-order valence-electron chi connectivity index (χ4n) is 3.55. The van der Waals surface area contributed by atoms with Crippen molar-refractivity contribution in [1.29, 1.82) is 0 Å². The van der Waals surface area contributed by atoms with Gasteiger partial charge in [-0.05, 0) is 24.3 Å². The van der Waals surface area contributed by atoms with Gasteiger partial charge in [0.05, 0.1) is 17.7 Å². The number of hydrogen-bond donors (Lipinski definition) is 4. The number of amides is 3. The van der Waals surface area contributed by atoms with Crippen LogP contribution in [-0.4, -0.2) is 69.9 Å². The summed E-state index contributed by atoms with van der Waals surface area (Å²) in [5, 5.41) is 32.0. The first-order valence-electron chi connectivity index (χ1n) is 9.23. The van der Waals surface area contributed by atoms with E-state index in [1.807, 2.05) is 0 Å². The van der Waals surface area contributed by atoms with Gasteiger partial charge < -0.3 is 25.4 Å². The van der Waals surface area contributed by atoms with Crippen molar-refractivity contribution >= 4 is 23.4 Å². The molecule has 0 saturated carbocycles. The molecule has 0 radical (unpaired) electrons. The van der Waals surface area contributed by atoms with Gasteiger partial charge in [-0.2, -0.15) is 4.57 Å². The molecule has 0 spiro atoms. The molecule has 2 aromatic rings.